The summed E-state index contributed by atoms with van der Waals surface area (Å²) in [6.45, 7) is 2.13. The van der Waals surface area contributed by atoms with E-state index in [0.717, 1.165) is 22.0 Å². The molecule has 0 fully saturated rings. The van der Waals surface area contributed by atoms with Crippen LogP contribution in [0.4, 0.5) is 0 Å². The van der Waals surface area contributed by atoms with Crippen LogP contribution in [0, 0.1) is 0 Å². The maximum atomic E-state index is 10.2. The number of thiophene rings is 1. The molecule has 0 bridgehead atoms. The molecule has 0 aliphatic rings. The Bertz CT molecular complexity index is 624. The molecule has 0 aliphatic carbocycles. The van der Waals surface area contributed by atoms with Gasteiger partial charge in [-0.05, 0) is 18.6 Å². The van der Waals surface area contributed by atoms with Crippen molar-refractivity contribution in [1.82, 2.24) is 9.38 Å². The summed E-state index contributed by atoms with van der Waals surface area (Å²) >= 11 is 3.30. The zero-order chi connectivity index (χ0) is 12.5. The third kappa shape index (κ3) is 2.21. The molecule has 18 heavy (non-hydrogen) atoms. The molecule has 0 spiro atoms. The Balaban J connectivity index is 1.77. The molecule has 1 unspecified atom stereocenters. The minimum atomic E-state index is -0.445. The number of imidazole rings is 1. The minimum Gasteiger partial charge on any atom is -0.387 e. The average Bonchev–Trinajstić information content (AvgIpc) is 3.02. The Hall–Kier alpha value is -1.17. The van der Waals surface area contributed by atoms with Crippen molar-refractivity contribution >= 4 is 27.6 Å². The molecule has 1 atom stereocenters. The Labute approximate surface area is 113 Å². The average molecular weight is 278 g/mol. The minimum absolute atomic E-state index is 0.445. The first-order chi connectivity index (χ1) is 8.76. The van der Waals surface area contributed by atoms with Gasteiger partial charge in [0.1, 0.15) is 0 Å². The summed E-state index contributed by atoms with van der Waals surface area (Å²) in [5.74, 6) is 0. The van der Waals surface area contributed by atoms with E-state index in [1.807, 2.05) is 28.2 Å². The van der Waals surface area contributed by atoms with Crippen LogP contribution in [-0.4, -0.2) is 14.5 Å². The van der Waals surface area contributed by atoms with Crippen molar-refractivity contribution in [1.29, 1.82) is 0 Å². The highest BCUT2D eigenvalue weighted by Gasteiger charge is 2.13. The molecule has 0 aromatic carbocycles. The Morgan fingerprint density at radius 1 is 1.44 bits per heavy atom. The molecule has 0 radical (unpaired) electrons. The molecule has 5 heteroatoms. The van der Waals surface area contributed by atoms with Crippen LogP contribution in [0.25, 0.3) is 4.96 Å². The van der Waals surface area contributed by atoms with Crippen LogP contribution in [0.2, 0.25) is 0 Å². The lowest BCUT2D eigenvalue weighted by molar-refractivity contribution is 0.181. The van der Waals surface area contributed by atoms with E-state index in [2.05, 4.69) is 18.0 Å². The highest BCUT2D eigenvalue weighted by molar-refractivity contribution is 7.15. The lowest BCUT2D eigenvalue weighted by Gasteiger charge is -2.05. The van der Waals surface area contributed by atoms with Crippen molar-refractivity contribution in [2.45, 2.75) is 25.9 Å². The zero-order valence-electron chi connectivity index (χ0n) is 10.0. The maximum absolute atomic E-state index is 10.2. The van der Waals surface area contributed by atoms with Gasteiger partial charge in [0.15, 0.2) is 4.96 Å². The van der Waals surface area contributed by atoms with Crippen molar-refractivity contribution < 1.29 is 5.11 Å². The lowest BCUT2D eigenvalue weighted by Crippen LogP contribution is -1.99. The second kappa shape index (κ2) is 4.84. The van der Waals surface area contributed by atoms with Crippen LogP contribution in [0.3, 0.4) is 0 Å². The summed E-state index contributed by atoms with van der Waals surface area (Å²) < 4.78 is 2.00. The molecule has 3 rings (SSSR count). The van der Waals surface area contributed by atoms with Crippen molar-refractivity contribution in [3.05, 3.63) is 45.4 Å². The van der Waals surface area contributed by atoms with E-state index in [-0.39, 0.29) is 0 Å². The second-order valence-electron chi connectivity index (χ2n) is 4.20. The quantitative estimate of drug-likeness (QED) is 0.795. The van der Waals surface area contributed by atoms with Gasteiger partial charge in [0.05, 0.1) is 11.8 Å². The van der Waals surface area contributed by atoms with Crippen LogP contribution in [0.1, 0.15) is 28.5 Å². The molecule has 0 saturated heterocycles. The normalized spacial score (nSPS) is 13.2. The van der Waals surface area contributed by atoms with Gasteiger partial charge in [-0.25, -0.2) is 4.98 Å². The number of aryl methyl sites for hydroxylation is 1. The third-order valence-corrected chi connectivity index (χ3v) is 5.01. The van der Waals surface area contributed by atoms with E-state index >= 15 is 0 Å². The van der Waals surface area contributed by atoms with Gasteiger partial charge in [-0.1, -0.05) is 6.92 Å². The summed E-state index contributed by atoms with van der Waals surface area (Å²) in [5.41, 5.74) is 0.945. The second-order valence-corrected chi connectivity index (χ2v) is 6.28. The number of aromatic nitrogens is 2. The van der Waals surface area contributed by atoms with Gasteiger partial charge in [-0.2, -0.15) is 0 Å². The van der Waals surface area contributed by atoms with Gasteiger partial charge in [0.2, 0.25) is 0 Å². The van der Waals surface area contributed by atoms with Crippen LogP contribution < -0.4 is 0 Å². The van der Waals surface area contributed by atoms with Crippen LogP contribution >= 0.6 is 22.7 Å². The number of aliphatic hydroxyl groups is 1. The first kappa shape index (κ1) is 11.9. The van der Waals surface area contributed by atoms with Crippen molar-refractivity contribution in [3.63, 3.8) is 0 Å². The topological polar surface area (TPSA) is 37.5 Å². The van der Waals surface area contributed by atoms with E-state index < -0.39 is 6.10 Å². The number of nitrogens with zero attached hydrogens (tertiary/aromatic N) is 2. The Kier molecular flexibility index (Phi) is 3.20. The number of fused-ring (bicyclic) bond motifs is 1. The lowest BCUT2D eigenvalue weighted by atomic mass is 10.2. The fourth-order valence-electron chi connectivity index (χ4n) is 1.94. The maximum Gasteiger partial charge on any atom is 0.193 e. The largest absolute Gasteiger partial charge is 0.387 e. The van der Waals surface area contributed by atoms with Gasteiger partial charge < -0.3 is 5.11 Å². The summed E-state index contributed by atoms with van der Waals surface area (Å²) in [4.78, 5) is 7.82. The number of rotatable bonds is 4. The van der Waals surface area contributed by atoms with Gasteiger partial charge in [0.25, 0.3) is 0 Å². The third-order valence-electron chi connectivity index (χ3n) is 2.90. The van der Waals surface area contributed by atoms with E-state index in [1.165, 1.54) is 4.88 Å². The molecule has 94 valence electrons. The van der Waals surface area contributed by atoms with Crippen molar-refractivity contribution in [2.24, 2.45) is 0 Å². The van der Waals surface area contributed by atoms with Crippen molar-refractivity contribution in [2.75, 3.05) is 0 Å². The fourth-order valence-corrected chi connectivity index (χ4v) is 3.59. The highest BCUT2D eigenvalue weighted by atomic mass is 32.1. The Morgan fingerprint density at radius 3 is 3.06 bits per heavy atom. The summed E-state index contributed by atoms with van der Waals surface area (Å²) in [6.07, 6.45) is 5.14. The predicted molar refractivity (Wildman–Crippen MR) is 75.4 cm³/mol. The summed E-state index contributed by atoms with van der Waals surface area (Å²) in [6, 6.07) is 4.11. The molecule has 1 N–H and O–H groups in total. The first-order valence-electron chi connectivity index (χ1n) is 5.94. The number of aliphatic hydroxyl groups excluding tert-OH is 1. The molecule has 3 heterocycles. The molecule has 0 amide bonds. The standard InChI is InChI=1S/C13H14N2OS2/c1-2-10-3-4-12(18-10)11(16)7-9-8-15-5-6-17-13(15)14-9/h3-6,8,11,16H,2,7H2,1H3. The van der Waals surface area contributed by atoms with Gasteiger partial charge in [-0.3, -0.25) is 4.40 Å². The number of hydrogen-bond donors (Lipinski definition) is 1. The van der Waals surface area contributed by atoms with Gasteiger partial charge >= 0.3 is 0 Å². The predicted octanol–water partition coefficient (Wildman–Crippen LogP) is 3.30. The van der Waals surface area contributed by atoms with Crippen LogP contribution in [0.15, 0.2) is 29.9 Å². The van der Waals surface area contributed by atoms with Crippen LogP contribution in [0.5, 0.6) is 0 Å². The smallest absolute Gasteiger partial charge is 0.193 e. The van der Waals surface area contributed by atoms with Gasteiger partial charge in [0, 0.05) is 33.9 Å². The zero-order valence-corrected chi connectivity index (χ0v) is 11.7. The van der Waals surface area contributed by atoms with E-state index in [1.54, 1.807) is 22.7 Å². The molecule has 3 aromatic rings. The molecular weight excluding hydrogens is 264 g/mol. The van der Waals surface area contributed by atoms with Crippen molar-refractivity contribution in [3.8, 4) is 0 Å². The monoisotopic (exact) mass is 278 g/mol. The van der Waals surface area contributed by atoms with Crippen LogP contribution in [-0.2, 0) is 12.8 Å². The molecular formula is C13H14N2OS2. The Morgan fingerprint density at radius 2 is 2.33 bits per heavy atom. The van der Waals surface area contributed by atoms with E-state index in [0.29, 0.717) is 6.42 Å². The van der Waals surface area contributed by atoms with E-state index in [9.17, 15) is 5.11 Å². The summed E-state index contributed by atoms with van der Waals surface area (Å²) in [7, 11) is 0. The molecule has 0 saturated carbocycles. The SMILES string of the molecule is CCc1ccc(C(O)Cc2cn3ccsc3n2)s1. The number of thiazole rings is 1. The van der Waals surface area contributed by atoms with Gasteiger partial charge in [-0.15, -0.1) is 22.7 Å². The van der Waals surface area contributed by atoms with E-state index in [4.69, 9.17) is 0 Å². The molecule has 3 nitrogen and oxygen atoms in total. The number of hydrogen-bond acceptors (Lipinski definition) is 4. The molecule has 3 aromatic heterocycles. The molecule has 0 aliphatic heterocycles. The highest BCUT2D eigenvalue weighted by Crippen LogP contribution is 2.26. The first-order valence-corrected chi connectivity index (χ1v) is 7.63. The summed E-state index contributed by atoms with van der Waals surface area (Å²) in [5, 5.41) is 12.2. The fraction of sp³-hybridized carbons (Fsp3) is 0.308.